The maximum atomic E-state index is 12.3. The van der Waals surface area contributed by atoms with E-state index >= 15 is 0 Å². The summed E-state index contributed by atoms with van der Waals surface area (Å²) in [6, 6.07) is 0. The number of esters is 2. The molecule has 0 aromatic heterocycles. The van der Waals surface area contributed by atoms with E-state index in [4.69, 9.17) is 9.47 Å². The van der Waals surface area contributed by atoms with E-state index in [0.717, 1.165) is 0 Å². The quantitative estimate of drug-likeness (QED) is 0.453. The Hall–Kier alpha value is -2.18. The lowest BCUT2D eigenvalue weighted by Gasteiger charge is -2.28. The summed E-state index contributed by atoms with van der Waals surface area (Å²) in [6.45, 7) is 8.71. The Balaban J connectivity index is 2.45. The molecule has 1 aliphatic heterocycles. The zero-order valence-electron chi connectivity index (χ0n) is 15.4. The van der Waals surface area contributed by atoms with Crippen LogP contribution in [0, 0.1) is 5.92 Å². The molecule has 0 unspecified atom stereocenters. The van der Waals surface area contributed by atoms with Crippen molar-refractivity contribution in [3.8, 4) is 0 Å². The minimum atomic E-state index is -0.742. The molecule has 6 heteroatoms. The number of aliphatic hydroxyl groups excluding tert-OH is 2. The first-order valence-electron chi connectivity index (χ1n) is 8.67. The molecule has 142 valence electrons. The average Bonchev–Trinajstić information content (AvgIpc) is 2.89. The molecule has 0 spiro atoms. The average molecular weight is 362 g/mol. The van der Waals surface area contributed by atoms with Gasteiger partial charge in [0.25, 0.3) is 0 Å². The molecule has 0 radical (unpaired) electrons. The third-order valence-corrected chi connectivity index (χ3v) is 4.92. The Morgan fingerprint density at radius 2 is 2.19 bits per heavy atom. The number of carbonyl (C=O) groups excluding carboxylic acids is 2. The third-order valence-electron chi connectivity index (χ3n) is 4.92. The first-order chi connectivity index (χ1) is 12.3. The molecule has 1 fully saturated rings. The molecule has 0 amide bonds. The summed E-state index contributed by atoms with van der Waals surface area (Å²) in [5.41, 5.74) is 1.95. The number of allylic oxidation sites excluding steroid dienone is 1. The van der Waals surface area contributed by atoms with Gasteiger partial charge in [0, 0.05) is 17.6 Å². The van der Waals surface area contributed by atoms with Crippen molar-refractivity contribution < 1.29 is 29.3 Å². The van der Waals surface area contributed by atoms with Gasteiger partial charge in [-0.1, -0.05) is 18.7 Å². The first kappa shape index (κ1) is 20.1. The molecule has 6 nitrogen and oxygen atoms in total. The molecule has 4 atom stereocenters. The molecule has 26 heavy (non-hydrogen) atoms. The van der Waals surface area contributed by atoms with Gasteiger partial charge in [-0.2, -0.15) is 0 Å². The normalized spacial score (nSPS) is 34.1. The van der Waals surface area contributed by atoms with Crippen LogP contribution < -0.4 is 0 Å². The van der Waals surface area contributed by atoms with Gasteiger partial charge in [-0.15, -0.1) is 0 Å². The van der Waals surface area contributed by atoms with Gasteiger partial charge in [-0.05, 0) is 44.4 Å². The second-order valence-electron chi connectivity index (χ2n) is 6.72. The van der Waals surface area contributed by atoms with E-state index in [1.54, 1.807) is 39.0 Å². The van der Waals surface area contributed by atoms with E-state index in [1.807, 2.05) is 0 Å². The van der Waals surface area contributed by atoms with Crippen LogP contribution in [0.3, 0.4) is 0 Å². The Labute approximate surface area is 153 Å². The Morgan fingerprint density at radius 1 is 1.50 bits per heavy atom. The maximum absolute atomic E-state index is 12.3. The van der Waals surface area contributed by atoms with Crippen molar-refractivity contribution in [2.24, 2.45) is 5.92 Å². The zero-order valence-corrected chi connectivity index (χ0v) is 15.4. The summed E-state index contributed by atoms with van der Waals surface area (Å²) < 4.78 is 11.0. The zero-order chi connectivity index (χ0) is 19.4. The van der Waals surface area contributed by atoms with Crippen LogP contribution in [0.2, 0.25) is 0 Å². The highest BCUT2D eigenvalue weighted by Crippen LogP contribution is 2.36. The van der Waals surface area contributed by atoms with Crippen LogP contribution in [-0.4, -0.2) is 47.1 Å². The molecular weight excluding hydrogens is 336 g/mol. The number of ether oxygens (including phenoxy) is 2. The van der Waals surface area contributed by atoms with Crippen LogP contribution in [0.5, 0.6) is 0 Å². The number of fused-ring (bicyclic) bond motifs is 1. The van der Waals surface area contributed by atoms with E-state index < -0.39 is 36.2 Å². The standard InChI is InChI=1S/C20H26O6/c1-5-11(2)19(23)25-17-9-14(10-21)6-7-15(22)12(3)8-16-18(17)13(4)20(24)26-16/h5-6,8,15-18,21-22H,4,7,9-10H2,1-3H3/b11-5+,12-8-,14-6+/t15-,16-,17+,18-/m0/s1. The Bertz CT molecular complexity index is 684. The molecule has 2 N–H and O–H groups in total. The summed E-state index contributed by atoms with van der Waals surface area (Å²) in [5, 5.41) is 19.9. The van der Waals surface area contributed by atoms with E-state index in [-0.39, 0.29) is 18.6 Å². The number of hydrogen-bond acceptors (Lipinski definition) is 6. The van der Waals surface area contributed by atoms with Gasteiger partial charge in [0.05, 0.1) is 18.6 Å². The Morgan fingerprint density at radius 3 is 2.81 bits per heavy atom. The number of hydrogen-bond donors (Lipinski definition) is 2. The van der Waals surface area contributed by atoms with Crippen molar-refractivity contribution in [3.63, 3.8) is 0 Å². The van der Waals surface area contributed by atoms with Crippen molar-refractivity contribution in [1.29, 1.82) is 0 Å². The summed E-state index contributed by atoms with van der Waals surface area (Å²) >= 11 is 0. The van der Waals surface area contributed by atoms with Gasteiger partial charge < -0.3 is 19.7 Å². The number of aliphatic hydroxyl groups is 2. The highest BCUT2D eigenvalue weighted by Gasteiger charge is 2.44. The van der Waals surface area contributed by atoms with Crippen LogP contribution in [0.15, 0.2) is 47.1 Å². The van der Waals surface area contributed by atoms with Crippen molar-refractivity contribution >= 4 is 11.9 Å². The predicted molar refractivity (Wildman–Crippen MR) is 96.0 cm³/mol. The lowest BCUT2D eigenvalue weighted by Crippen LogP contribution is -2.34. The fourth-order valence-electron chi connectivity index (χ4n) is 3.08. The Kier molecular flexibility index (Phi) is 6.56. The van der Waals surface area contributed by atoms with Crippen molar-refractivity contribution in [3.05, 3.63) is 47.1 Å². The van der Waals surface area contributed by atoms with Gasteiger partial charge in [0.2, 0.25) is 0 Å². The molecule has 0 bridgehead atoms. The van der Waals surface area contributed by atoms with Gasteiger partial charge >= 0.3 is 11.9 Å². The fourth-order valence-corrected chi connectivity index (χ4v) is 3.08. The first-order valence-corrected chi connectivity index (χ1v) is 8.67. The second kappa shape index (κ2) is 8.47. The molecule has 1 saturated heterocycles. The summed E-state index contributed by atoms with van der Waals surface area (Å²) in [6.07, 6.45) is 3.50. The van der Waals surface area contributed by atoms with Gasteiger partial charge in [-0.25, -0.2) is 9.59 Å². The number of rotatable bonds is 3. The molecule has 2 rings (SSSR count). The van der Waals surface area contributed by atoms with Crippen molar-refractivity contribution in [2.75, 3.05) is 6.61 Å². The maximum Gasteiger partial charge on any atom is 0.334 e. The molecule has 0 saturated carbocycles. The molecule has 0 aromatic carbocycles. The SMILES string of the molecule is C=C1C(=O)O[C@H]2/C=C(/C)[C@@H](O)C/C=C(/CO)C[C@@H](OC(=O)/C(C)=C/C)[C@@H]12. The molecular formula is C20H26O6. The topological polar surface area (TPSA) is 93.1 Å². The van der Waals surface area contributed by atoms with Crippen LogP contribution >= 0.6 is 0 Å². The van der Waals surface area contributed by atoms with Gasteiger partial charge in [-0.3, -0.25) is 0 Å². The highest BCUT2D eigenvalue weighted by atomic mass is 16.6. The van der Waals surface area contributed by atoms with Crippen molar-refractivity contribution in [1.82, 2.24) is 0 Å². The third kappa shape index (κ3) is 4.31. The molecule has 0 aromatic rings. The summed E-state index contributed by atoms with van der Waals surface area (Å²) in [4.78, 5) is 24.4. The van der Waals surface area contributed by atoms with E-state index in [0.29, 0.717) is 23.1 Å². The van der Waals surface area contributed by atoms with Crippen LogP contribution in [0.1, 0.15) is 33.6 Å². The minimum Gasteiger partial charge on any atom is -0.458 e. The van der Waals surface area contributed by atoms with Crippen LogP contribution in [0.4, 0.5) is 0 Å². The fraction of sp³-hybridized carbons (Fsp3) is 0.500. The van der Waals surface area contributed by atoms with Crippen LogP contribution in [0.25, 0.3) is 0 Å². The van der Waals surface area contributed by atoms with Gasteiger partial charge in [0.15, 0.2) is 0 Å². The predicted octanol–water partition coefficient (Wildman–Crippen LogP) is 1.98. The van der Waals surface area contributed by atoms with Crippen LogP contribution in [-0.2, 0) is 19.1 Å². The monoisotopic (exact) mass is 362 g/mol. The van der Waals surface area contributed by atoms with E-state index in [2.05, 4.69) is 6.58 Å². The summed E-state index contributed by atoms with van der Waals surface area (Å²) in [5.74, 6) is -1.61. The van der Waals surface area contributed by atoms with E-state index in [9.17, 15) is 19.8 Å². The lowest BCUT2D eigenvalue weighted by molar-refractivity contribution is -0.147. The number of carbonyl (C=O) groups is 2. The van der Waals surface area contributed by atoms with Gasteiger partial charge in [0.1, 0.15) is 12.2 Å². The molecule has 2 aliphatic rings. The second-order valence-corrected chi connectivity index (χ2v) is 6.72. The smallest absolute Gasteiger partial charge is 0.334 e. The summed E-state index contributed by atoms with van der Waals surface area (Å²) in [7, 11) is 0. The highest BCUT2D eigenvalue weighted by molar-refractivity contribution is 5.92. The lowest BCUT2D eigenvalue weighted by atomic mass is 9.85. The van der Waals surface area contributed by atoms with E-state index in [1.165, 1.54) is 0 Å². The molecule has 1 aliphatic carbocycles. The molecule has 1 heterocycles. The largest absolute Gasteiger partial charge is 0.458 e. The van der Waals surface area contributed by atoms with Crippen molar-refractivity contribution in [2.45, 2.75) is 51.9 Å². The minimum absolute atomic E-state index is 0.224.